The van der Waals surface area contributed by atoms with Crippen LogP contribution in [0.1, 0.15) is 30.4 Å². The summed E-state index contributed by atoms with van der Waals surface area (Å²) in [4.78, 5) is 11.9. The van der Waals surface area contributed by atoms with Crippen molar-refractivity contribution in [2.75, 3.05) is 19.9 Å². The molecule has 0 spiro atoms. The average Bonchev–Trinajstić information content (AvgIpc) is 3.04. The molecule has 2 aliphatic heterocycles. The number of ether oxygens (including phenoxy) is 2. The molecule has 1 aromatic rings. The summed E-state index contributed by atoms with van der Waals surface area (Å²) in [7, 11) is 0. The van der Waals surface area contributed by atoms with Crippen LogP contribution in [0.2, 0.25) is 0 Å². The second kappa shape index (κ2) is 7.07. The lowest BCUT2D eigenvalue weighted by Gasteiger charge is -2.21. The molecule has 0 saturated carbocycles. The predicted octanol–water partition coefficient (Wildman–Crippen LogP) is 1.70. The van der Waals surface area contributed by atoms with Gasteiger partial charge in [0.25, 0.3) is 0 Å². The van der Waals surface area contributed by atoms with Crippen molar-refractivity contribution in [2.45, 2.75) is 32.4 Å². The van der Waals surface area contributed by atoms with Crippen LogP contribution in [0.4, 0.5) is 4.39 Å². The molecule has 0 radical (unpaired) electrons. The van der Waals surface area contributed by atoms with Gasteiger partial charge in [-0.1, -0.05) is 0 Å². The molecule has 5 nitrogen and oxygen atoms in total. The van der Waals surface area contributed by atoms with E-state index in [9.17, 15) is 9.18 Å². The van der Waals surface area contributed by atoms with E-state index in [1.165, 1.54) is 12.1 Å². The first-order chi connectivity index (χ1) is 10.7. The van der Waals surface area contributed by atoms with Gasteiger partial charge in [-0.2, -0.15) is 0 Å². The van der Waals surface area contributed by atoms with E-state index in [-0.39, 0.29) is 25.1 Å². The Labute approximate surface area is 129 Å². The lowest BCUT2D eigenvalue weighted by molar-refractivity contribution is -0.121. The molecule has 0 bridgehead atoms. The molecule has 22 heavy (non-hydrogen) atoms. The molecule has 0 aromatic heterocycles. The molecular formula is C16H21FN2O3. The monoisotopic (exact) mass is 308 g/mol. The van der Waals surface area contributed by atoms with Crippen LogP contribution in [0, 0.1) is 11.7 Å². The zero-order chi connectivity index (χ0) is 15.4. The van der Waals surface area contributed by atoms with E-state index in [1.807, 2.05) is 0 Å². The average molecular weight is 308 g/mol. The van der Waals surface area contributed by atoms with Crippen LogP contribution in [0.3, 0.4) is 0 Å². The first-order valence-electron chi connectivity index (χ1n) is 7.71. The standard InChI is InChI=1S/C16H21FN2O3/c17-14-5-12(16-13(6-14)9-21-10-22-16)8-19-15(20)2-1-11-3-4-18-7-11/h5-6,11,18H,1-4,7-10H2,(H,19,20). The van der Waals surface area contributed by atoms with Crippen molar-refractivity contribution in [1.82, 2.24) is 10.6 Å². The quantitative estimate of drug-likeness (QED) is 0.869. The predicted molar refractivity (Wildman–Crippen MR) is 78.7 cm³/mol. The van der Waals surface area contributed by atoms with Crippen molar-refractivity contribution in [3.8, 4) is 5.75 Å². The van der Waals surface area contributed by atoms with Crippen LogP contribution in [0.5, 0.6) is 5.75 Å². The number of fused-ring (bicyclic) bond motifs is 1. The van der Waals surface area contributed by atoms with Crippen molar-refractivity contribution in [3.63, 3.8) is 0 Å². The summed E-state index contributed by atoms with van der Waals surface area (Å²) in [5.74, 6) is 0.882. The number of amides is 1. The van der Waals surface area contributed by atoms with Crippen LogP contribution in [0.25, 0.3) is 0 Å². The van der Waals surface area contributed by atoms with Crippen molar-refractivity contribution >= 4 is 5.91 Å². The van der Waals surface area contributed by atoms with Gasteiger partial charge in [-0.25, -0.2) is 4.39 Å². The van der Waals surface area contributed by atoms with Gasteiger partial charge in [0.05, 0.1) is 6.61 Å². The van der Waals surface area contributed by atoms with Crippen LogP contribution in [-0.2, 0) is 22.7 Å². The summed E-state index contributed by atoms with van der Waals surface area (Å²) in [5, 5.41) is 6.15. The third-order valence-electron chi connectivity index (χ3n) is 4.17. The van der Waals surface area contributed by atoms with E-state index in [2.05, 4.69) is 10.6 Å². The summed E-state index contributed by atoms with van der Waals surface area (Å²) < 4.78 is 24.2. The Kier molecular flexibility index (Phi) is 4.90. The minimum Gasteiger partial charge on any atom is -0.467 e. The highest BCUT2D eigenvalue weighted by molar-refractivity contribution is 5.76. The summed E-state index contributed by atoms with van der Waals surface area (Å²) in [6.07, 6.45) is 2.54. The van der Waals surface area contributed by atoms with Gasteiger partial charge in [0.15, 0.2) is 6.79 Å². The second-order valence-electron chi connectivity index (χ2n) is 5.84. The zero-order valence-electron chi connectivity index (χ0n) is 12.5. The molecule has 1 fully saturated rings. The molecule has 0 aliphatic carbocycles. The highest BCUT2D eigenvalue weighted by atomic mass is 19.1. The maximum Gasteiger partial charge on any atom is 0.220 e. The van der Waals surface area contributed by atoms with Gasteiger partial charge in [0.2, 0.25) is 5.91 Å². The molecule has 6 heteroatoms. The molecule has 2 N–H and O–H groups in total. The highest BCUT2D eigenvalue weighted by Gasteiger charge is 2.18. The molecule has 1 atom stereocenters. The van der Waals surface area contributed by atoms with Crippen LogP contribution in [-0.4, -0.2) is 25.8 Å². The number of carbonyl (C=O) groups is 1. The maximum absolute atomic E-state index is 13.6. The van der Waals surface area contributed by atoms with E-state index in [0.29, 0.717) is 35.8 Å². The van der Waals surface area contributed by atoms with Gasteiger partial charge in [-0.15, -0.1) is 0 Å². The van der Waals surface area contributed by atoms with E-state index < -0.39 is 0 Å². The number of carbonyl (C=O) groups excluding carboxylic acids is 1. The van der Waals surface area contributed by atoms with Gasteiger partial charge in [-0.05, 0) is 44.0 Å². The minimum atomic E-state index is -0.339. The summed E-state index contributed by atoms with van der Waals surface area (Å²) in [5.41, 5.74) is 1.35. The van der Waals surface area contributed by atoms with Gasteiger partial charge in [-0.3, -0.25) is 4.79 Å². The summed E-state index contributed by atoms with van der Waals surface area (Å²) in [6, 6.07) is 2.82. The normalized spacial score (nSPS) is 20.3. The fraction of sp³-hybridized carbons (Fsp3) is 0.562. The first kappa shape index (κ1) is 15.2. The van der Waals surface area contributed by atoms with Crippen LogP contribution >= 0.6 is 0 Å². The Bertz CT molecular complexity index is 544. The minimum absolute atomic E-state index is 0.00280. The zero-order valence-corrected chi connectivity index (χ0v) is 12.5. The van der Waals surface area contributed by atoms with E-state index in [1.54, 1.807) is 0 Å². The summed E-state index contributed by atoms with van der Waals surface area (Å²) in [6.45, 7) is 2.82. The maximum atomic E-state index is 13.6. The number of rotatable bonds is 5. The smallest absolute Gasteiger partial charge is 0.220 e. The second-order valence-corrected chi connectivity index (χ2v) is 5.84. The van der Waals surface area contributed by atoms with Crippen molar-refractivity contribution < 1.29 is 18.7 Å². The molecule has 2 aliphatic rings. The summed E-state index contributed by atoms with van der Waals surface area (Å²) >= 11 is 0. The van der Waals surface area contributed by atoms with E-state index in [4.69, 9.17) is 9.47 Å². The fourth-order valence-corrected chi connectivity index (χ4v) is 2.97. The molecule has 1 unspecified atom stereocenters. The molecular weight excluding hydrogens is 287 g/mol. The Morgan fingerprint density at radius 2 is 2.36 bits per heavy atom. The third kappa shape index (κ3) is 3.75. The topological polar surface area (TPSA) is 59.6 Å². The number of halogens is 1. The fourth-order valence-electron chi connectivity index (χ4n) is 2.97. The lowest BCUT2D eigenvalue weighted by atomic mass is 10.0. The SMILES string of the molecule is O=C(CCC1CCNC1)NCc1cc(F)cc2c1OCOC2. The molecule has 2 heterocycles. The number of benzene rings is 1. The first-order valence-corrected chi connectivity index (χ1v) is 7.71. The van der Waals surface area contributed by atoms with Gasteiger partial charge < -0.3 is 20.1 Å². The van der Waals surface area contributed by atoms with Gasteiger partial charge in [0, 0.05) is 24.1 Å². The lowest BCUT2D eigenvalue weighted by Crippen LogP contribution is -2.25. The number of hydrogen-bond acceptors (Lipinski definition) is 4. The van der Waals surface area contributed by atoms with Crippen molar-refractivity contribution in [2.24, 2.45) is 5.92 Å². The molecule has 1 saturated heterocycles. The van der Waals surface area contributed by atoms with Crippen LogP contribution < -0.4 is 15.4 Å². The highest BCUT2D eigenvalue weighted by Crippen LogP contribution is 2.29. The van der Waals surface area contributed by atoms with E-state index in [0.717, 1.165) is 25.9 Å². The Morgan fingerprint density at radius 3 is 3.18 bits per heavy atom. The Hall–Kier alpha value is -1.66. The molecule has 1 amide bonds. The largest absolute Gasteiger partial charge is 0.467 e. The van der Waals surface area contributed by atoms with Crippen LogP contribution in [0.15, 0.2) is 12.1 Å². The van der Waals surface area contributed by atoms with Crippen molar-refractivity contribution in [3.05, 3.63) is 29.1 Å². The number of hydrogen-bond donors (Lipinski definition) is 2. The van der Waals surface area contributed by atoms with Gasteiger partial charge in [0.1, 0.15) is 11.6 Å². The number of nitrogens with one attached hydrogen (secondary N) is 2. The molecule has 120 valence electrons. The van der Waals surface area contributed by atoms with Gasteiger partial charge >= 0.3 is 0 Å². The Morgan fingerprint density at radius 1 is 1.45 bits per heavy atom. The third-order valence-corrected chi connectivity index (χ3v) is 4.17. The molecule has 1 aromatic carbocycles. The van der Waals surface area contributed by atoms with E-state index >= 15 is 0 Å². The molecule has 3 rings (SSSR count). The Balaban J connectivity index is 1.54. The van der Waals surface area contributed by atoms with Crippen molar-refractivity contribution in [1.29, 1.82) is 0 Å².